The van der Waals surface area contributed by atoms with Crippen LogP contribution in [0.2, 0.25) is 10.0 Å². The number of anilines is 3. The molecular weight excluding hydrogens is 537 g/mol. The number of carbonyl (C=O) groups is 1. The van der Waals surface area contributed by atoms with E-state index in [1.807, 2.05) is 4.90 Å². The van der Waals surface area contributed by atoms with Crippen molar-refractivity contribution in [3.05, 3.63) is 70.1 Å². The Labute approximate surface area is 224 Å². The molecule has 0 saturated carbocycles. The zero-order valence-electron chi connectivity index (χ0n) is 19.8. The van der Waals surface area contributed by atoms with E-state index >= 15 is 0 Å². The van der Waals surface area contributed by atoms with Gasteiger partial charge in [-0.3, -0.25) is 20.0 Å². The van der Waals surface area contributed by atoms with Gasteiger partial charge >= 0.3 is 0 Å². The number of hydrogen-bond acceptors (Lipinski definition) is 9. The van der Waals surface area contributed by atoms with Gasteiger partial charge in [0.2, 0.25) is 0 Å². The van der Waals surface area contributed by atoms with Gasteiger partial charge in [-0.05, 0) is 37.3 Å². The Morgan fingerprint density at radius 3 is 2.46 bits per heavy atom. The summed E-state index contributed by atoms with van der Waals surface area (Å²) in [5.41, 5.74) is 7.12. The molecule has 3 heterocycles. The smallest absolute Gasteiger partial charge is 0.274 e. The minimum absolute atomic E-state index is 0.200. The number of pyridine rings is 2. The minimum Gasteiger partial charge on any atom is -0.486 e. The van der Waals surface area contributed by atoms with Crippen LogP contribution >= 0.6 is 23.2 Å². The van der Waals surface area contributed by atoms with E-state index in [-0.39, 0.29) is 17.0 Å². The van der Waals surface area contributed by atoms with Crippen molar-refractivity contribution >= 4 is 61.7 Å². The molecule has 1 aromatic carbocycles. The molecule has 3 aromatic rings. The lowest BCUT2D eigenvalue weighted by atomic mass is 10.1. The largest absolute Gasteiger partial charge is 0.486 e. The van der Waals surface area contributed by atoms with Crippen LogP contribution < -0.4 is 20.7 Å². The molecule has 1 aliphatic rings. The molecule has 1 unspecified atom stereocenters. The van der Waals surface area contributed by atoms with Crippen molar-refractivity contribution in [3.63, 3.8) is 0 Å². The molecular formula is C24H25Cl2N7O3S. The molecule has 37 heavy (non-hydrogen) atoms. The number of halogens is 2. The van der Waals surface area contributed by atoms with Gasteiger partial charge in [-0.1, -0.05) is 23.2 Å². The van der Waals surface area contributed by atoms with Crippen LogP contribution in [0.1, 0.15) is 24.2 Å². The number of hydrogen-bond donors (Lipinski definition) is 4. The van der Waals surface area contributed by atoms with Crippen molar-refractivity contribution in [3.8, 4) is 5.75 Å². The monoisotopic (exact) mass is 561 g/mol. The van der Waals surface area contributed by atoms with E-state index in [0.29, 0.717) is 57.5 Å². The van der Waals surface area contributed by atoms with Gasteiger partial charge in [0, 0.05) is 63.5 Å². The Hall–Kier alpha value is -3.41. The second kappa shape index (κ2) is 10.9. The molecule has 194 valence electrons. The third-order valence-electron chi connectivity index (χ3n) is 5.84. The Bertz CT molecular complexity index is 1410. The van der Waals surface area contributed by atoms with Crippen molar-refractivity contribution in [2.45, 2.75) is 13.0 Å². The summed E-state index contributed by atoms with van der Waals surface area (Å²) in [7, 11) is -2.50. The first-order valence-corrected chi connectivity index (χ1v) is 13.9. The maximum atomic E-state index is 12.8. The highest BCUT2D eigenvalue weighted by Crippen LogP contribution is 2.33. The van der Waals surface area contributed by atoms with Crippen molar-refractivity contribution in [1.82, 2.24) is 9.97 Å². The Kier molecular flexibility index (Phi) is 7.86. The van der Waals surface area contributed by atoms with Gasteiger partial charge in [0.05, 0.1) is 21.9 Å². The van der Waals surface area contributed by atoms with Gasteiger partial charge in [-0.15, -0.1) is 0 Å². The third-order valence-corrected chi connectivity index (χ3v) is 8.13. The second-order valence-corrected chi connectivity index (χ2v) is 11.7. The molecule has 0 spiro atoms. The standard InChI is InChI=1S/C24H25Cl2N7O3S/c1-14(22-18(25)12-30-13-19(22)26)36-16-3-4-20(27)17(10-16)23(28)24(34)32-15-2-5-21(31-11-15)33-6-8-37(29,35)9-7-33/h2-5,10-14,28-29H,6-9,27H2,1H3,(H,32,34). The van der Waals surface area contributed by atoms with Crippen LogP contribution in [0.25, 0.3) is 0 Å². The number of benzene rings is 1. The van der Waals surface area contributed by atoms with Gasteiger partial charge in [0.25, 0.3) is 5.91 Å². The molecule has 5 N–H and O–H groups in total. The van der Waals surface area contributed by atoms with Crippen LogP contribution in [0.3, 0.4) is 0 Å². The zero-order chi connectivity index (χ0) is 26.7. The quantitative estimate of drug-likeness (QED) is 0.246. The fourth-order valence-corrected chi connectivity index (χ4v) is 5.73. The Morgan fingerprint density at radius 1 is 1.16 bits per heavy atom. The number of carbonyl (C=O) groups excluding carboxylic acids is 1. The third kappa shape index (κ3) is 6.30. The fourth-order valence-electron chi connectivity index (χ4n) is 3.82. The molecule has 1 atom stereocenters. The summed E-state index contributed by atoms with van der Waals surface area (Å²) in [6.45, 7) is 2.75. The maximum Gasteiger partial charge on any atom is 0.274 e. The van der Waals surface area contributed by atoms with E-state index in [1.165, 1.54) is 24.7 Å². The van der Waals surface area contributed by atoms with Crippen LogP contribution in [-0.4, -0.2) is 50.4 Å². The van der Waals surface area contributed by atoms with Gasteiger partial charge < -0.3 is 20.7 Å². The van der Waals surface area contributed by atoms with E-state index in [9.17, 15) is 9.00 Å². The topological polar surface area (TPSA) is 158 Å². The molecule has 10 nitrogen and oxygen atoms in total. The number of nitrogens with one attached hydrogen (secondary N) is 3. The summed E-state index contributed by atoms with van der Waals surface area (Å²) >= 11 is 12.4. The van der Waals surface area contributed by atoms with Gasteiger partial charge in [-0.25, -0.2) is 9.19 Å². The van der Waals surface area contributed by atoms with Gasteiger partial charge in [0.15, 0.2) is 0 Å². The Balaban J connectivity index is 1.43. The highest BCUT2D eigenvalue weighted by atomic mass is 35.5. The normalized spacial score (nSPS) is 15.6. The molecule has 4 rings (SSSR count). The Morgan fingerprint density at radius 2 is 1.84 bits per heavy atom. The minimum atomic E-state index is -2.50. The molecule has 2 aromatic heterocycles. The second-order valence-electron chi connectivity index (χ2n) is 8.47. The summed E-state index contributed by atoms with van der Waals surface area (Å²) < 4.78 is 25.5. The van der Waals surface area contributed by atoms with E-state index in [2.05, 4.69) is 15.3 Å². The van der Waals surface area contributed by atoms with Crippen molar-refractivity contribution < 1.29 is 13.7 Å². The molecule has 1 aliphatic heterocycles. The number of rotatable bonds is 7. The molecule has 0 aliphatic carbocycles. The first-order valence-electron chi connectivity index (χ1n) is 11.2. The molecule has 1 amide bonds. The molecule has 0 radical (unpaired) electrons. The molecule has 1 saturated heterocycles. The van der Waals surface area contributed by atoms with E-state index in [4.69, 9.17) is 43.9 Å². The average Bonchev–Trinajstić information content (AvgIpc) is 2.85. The lowest BCUT2D eigenvalue weighted by Crippen LogP contribution is -2.40. The lowest BCUT2D eigenvalue weighted by molar-refractivity contribution is -0.110. The number of aromatic nitrogens is 2. The highest BCUT2D eigenvalue weighted by molar-refractivity contribution is 7.92. The fraction of sp³-hybridized carbons (Fsp3) is 0.250. The van der Waals surface area contributed by atoms with Crippen molar-refractivity contribution in [2.24, 2.45) is 0 Å². The number of nitrogens with two attached hydrogens (primary N) is 1. The van der Waals surface area contributed by atoms with E-state index in [0.717, 1.165) is 0 Å². The van der Waals surface area contributed by atoms with Crippen molar-refractivity contribution in [2.75, 3.05) is 40.5 Å². The molecule has 1 fully saturated rings. The van der Waals surface area contributed by atoms with Crippen molar-refractivity contribution in [1.29, 1.82) is 10.2 Å². The number of amides is 1. The summed E-state index contributed by atoms with van der Waals surface area (Å²) in [5.74, 6) is 0.979. The predicted molar refractivity (Wildman–Crippen MR) is 147 cm³/mol. The van der Waals surface area contributed by atoms with Gasteiger partial charge in [-0.2, -0.15) is 0 Å². The predicted octanol–water partition coefficient (Wildman–Crippen LogP) is 4.38. The van der Waals surface area contributed by atoms with E-state index < -0.39 is 21.7 Å². The highest BCUT2D eigenvalue weighted by Gasteiger charge is 2.21. The number of nitrogen functional groups attached to an aromatic ring is 1. The molecule has 0 bridgehead atoms. The first kappa shape index (κ1) is 26.6. The SMILES string of the molecule is CC(Oc1ccc(N)c(C(=N)C(=O)Nc2ccc(N3CCS(=N)(=O)CC3)nc2)c1)c1c(Cl)cncc1Cl. The summed E-state index contributed by atoms with van der Waals surface area (Å²) in [6.07, 6.45) is 3.90. The van der Waals surface area contributed by atoms with Crippen LogP contribution in [-0.2, 0) is 14.5 Å². The van der Waals surface area contributed by atoms with Crippen LogP contribution in [0, 0.1) is 10.2 Å². The number of ether oxygens (including phenoxy) is 1. The maximum absolute atomic E-state index is 12.8. The first-order chi connectivity index (χ1) is 17.5. The van der Waals surface area contributed by atoms with Crippen LogP contribution in [0.15, 0.2) is 48.9 Å². The average molecular weight is 562 g/mol. The van der Waals surface area contributed by atoms with Crippen LogP contribution in [0.4, 0.5) is 17.2 Å². The lowest BCUT2D eigenvalue weighted by Gasteiger charge is -2.28. The zero-order valence-corrected chi connectivity index (χ0v) is 22.2. The van der Waals surface area contributed by atoms with Crippen LogP contribution in [0.5, 0.6) is 5.75 Å². The molecule has 13 heteroatoms. The van der Waals surface area contributed by atoms with E-state index in [1.54, 1.807) is 31.2 Å². The summed E-state index contributed by atoms with van der Waals surface area (Å²) in [4.78, 5) is 23.0. The number of nitrogens with zero attached hydrogens (tertiary/aromatic N) is 3. The summed E-state index contributed by atoms with van der Waals surface area (Å²) in [5, 5.41) is 11.8. The van der Waals surface area contributed by atoms with Gasteiger partial charge in [0.1, 0.15) is 23.4 Å². The summed E-state index contributed by atoms with van der Waals surface area (Å²) in [6, 6.07) is 8.10.